The van der Waals surface area contributed by atoms with Gasteiger partial charge in [-0.25, -0.2) is 4.79 Å². The smallest absolute Gasteiger partial charge is 0.449 e. The maximum Gasteiger partial charge on any atom is 0.453 e. The summed E-state index contributed by atoms with van der Waals surface area (Å²) in [5, 5.41) is 10.5. The Balaban J connectivity index is 1.46. The number of alkyl halides is 3. The number of nitro groups is 1. The molecule has 0 radical (unpaired) electrons. The lowest BCUT2D eigenvalue weighted by Crippen LogP contribution is -2.15. The monoisotopic (exact) mass is 547 g/mol. The van der Waals surface area contributed by atoms with Gasteiger partial charge in [-0.2, -0.15) is 13.2 Å². The third-order valence-electron chi connectivity index (χ3n) is 5.79. The summed E-state index contributed by atoms with van der Waals surface area (Å²) in [5.74, 6) is -3.84. The Morgan fingerprint density at radius 1 is 0.825 bits per heavy atom. The van der Waals surface area contributed by atoms with Crippen molar-refractivity contribution in [2.45, 2.75) is 6.18 Å². The zero-order valence-corrected chi connectivity index (χ0v) is 20.2. The fourth-order valence-electron chi connectivity index (χ4n) is 3.85. The maximum absolute atomic E-state index is 13.9. The number of fused-ring (bicyclic) bond motifs is 1. The molecule has 8 nitrogen and oxygen atoms in total. The number of nitro benzene ring substituents is 1. The average molecular weight is 547 g/mol. The summed E-state index contributed by atoms with van der Waals surface area (Å²) < 4.78 is 57.4. The first-order valence-corrected chi connectivity index (χ1v) is 11.6. The molecule has 200 valence electrons. The van der Waals surface area contributed by atoms with Crippen LogP contribution in [-0.4, -0.2) is 10.9 Å². The number of benzene rings is 4. The quantitative estimate of drug-likeness (QED) is 0.0943. The molecule has 0 fully saturated rings. The van der Waals surface area contributed by atoms with Crippen LogP contribution in [0.5, 0.6) is 17.2 Å². The molecule has 40 heavy (non-hydrogen) atoms. The molecule has 4 aromatic carbocycles. The van der Waals surface area contributed by atoms with Crippen LogP contribution in [-0.2, 0) is 6.18 Å². The van der Waals surface area contributed by atoms with Crippen LogP contribution in [0.4, 0.5) is 18.9 Å². The van der Waals surface area contributed by atoms with Gasteiger partial charge in [0.05, 0.1) is 15.9 Å². The Morgan fingerprint density at radius 2 is 1.45 bits per heavy atom. The van der Waals surface area contributed by atoms with Crippen LogP contribution < -0.4 is 14.9 Å². The third kappa shape index (κ3) is 5.39. The van der Waals surface area contributed by atoms with Gasteiger partial charge in [0, 0.05) is 18.2 Å². The van der Waals surface area contributed by atoms with Gasteiger partial charge in [0.2, 0.25) is 11.2 Å². The minimum Gasteiger partial charge on any atom is -0.449 e. The summed E-state index contributed by atoms with van der Waals surface area (Å²) in [6, 6.07) is 23.3. The first-order valence-electron chi connectivity index (χ1n) is 11.6. The molecule has 5 aromatic rings. The van der Waals surface area contributed by atoms with Crippen LogP contribution in [0.25, 0.3) is 22.1 Å². The lowest BCUT2D eigenvalue weighted by atomic mass is 10.1. The molecule has 1 heterocycles. The van der Waals surface area contributed by atoms with Crippen molar-refractivity contribution in [3.63, 3.8) is 0 Å². The molecule has 0 bridgehead atoms. The molecule has 1 aromatic heterocycles. The summed E-state index contributed by atoms with van der Waals surface area (Å²) in [6.07, 6.45) is -5.09. The van der Waals surface area contributed by atoms with Crippen molar-refractivity contribution in [3.8, 4) is 28.4 Å². The van der Waals surface area contributed by atoms with Gasteiger partial charge >= 0.3 is 12.1 Å². The van der Waals surface area contributed by atoms with E-state index in [9.17, 15) is 32.9 Å². The molecule has 0 aliphatic carbocycles. The van der Waals surface area contributed by atoms with Gasteiger partial charge in [0.1, 0.15) is 17.1 Å². The molecular weight excluding hydrogens is 531 g/mol. The van der Waals surface area contributed by atoms with Crippen molar-refractivity contribution in [1.82, 2.24) is 0 Å². The molecule has 0 saturated carbocycles. The summed E-state index contributed by atoms with van der Waals surface area (Å²) in [4.78, 5) is 35.6. The number of ether oxygens (including phenoxy) is 2. The predicted octanol–water partition coefficient (Wildman–Crippen LogP) is 7.40. The molecule has 0 aliphatic rings. The highest BCUT2D eigenvalue weighted by atomic mass is 19.4. The molecular formula is C29H16F3NO7. The number of esters is 1. The summed E-state index contributed by atoms with van der Waals surface area (Å²) in [6.45, 7) is 0. The van der Waals surface area contributed by atoms with Gasteiger partial charge in [-0.1, -0.05) is 42.5 Å². The Labute approximate surface area is 223 Å². The van der Waals surface area contributed by atoms with E-state index in [4.69, 9.17) is 13.9 Å². The van der Waals surface area contributed by atoms with E-state index in [1.54, 1.807) is 12.1 Å². The largest absolute Gasteiger partial charge is 0.453 e. The van der Waals surface area contributed by atoms with Crippen molar-refractivity contribution >= 4 is 22.6 Å². The van der Waals surface area contributed by atoms with Crippen molar-refractivity contribution in [2.24, 2.45) is 0 Å². The summed E-state index contributed by atoms with van der Waals surface area (Å²) in [7, 11) is 0. The summed E-state index contributed by atoms with van der Waals surface area (Å²) >= 11 is 0. The highest BCUT2D eigenvalue weighted by molar-refractivity contribution is 5.92. The van der Waals surface area contributed by atoms with Crippen LogP contribution in [0.2, 0.25) is 0 Å². The number of halogens is 3. The van der Waals surface area contributed by atoms with Crippen LogP contribution in [0.3, 0.4) is 0 Å². The number of carbonyl (C=O) groups excluding carboxylic acids is 1. The van der Waals surface area contributed by atoms with E-state index in [1.807, 2.05) is 30.3 Å². The zero-order valence-electron chi connectivity index (χ0n) is 20.2. The number of rotatable bonds is 6. The van der Waals surface area contributed by atoms with Gasteiger partial charge in [0.25, 0.3) is 11.4 Å². The fraction of sp³-hybridized carbons (Fsp3) is 0.0345. The van der Waals surface area contributed by atoms with Crippen LogP contribution in [0, 0.1) is 10.1 Å². The van der Waals surface area contributed by atoms with Gasteiger partial charge < -0.3 is 13.9 Å². The number of hydrogen-bond acceptors (Lipinski definition) is 7. The van der Waals surface area contributed by atoms with E-state index >= 15 is 0 Å². The number of carbonyl (C=O) groups is 1. The van der Waals surface area contributed by atoms with Gasteiger partial charge in [-0.15, -0.1) is 0 Å². The predicted molar refractivity (Wildman–Crippen MR) is 137 cm³/mol. The Kier molecular flexibility index (Phi) is 6.78. The highest BCUT2D eigenvalue weighted by Crippen LogP contribution is 2.39. The van der Waals surface area contributed by atoms with Crippen LogP contribution in [0.15, 0.2) is 106 Å². The maximum atomic E-state index is 13.9. The number of nitrogens with zero attached hydrogens (tertiary/aromatic N) is 1. The highest BCUT2D eigenvalue weighted by Gasteiger charge is 2.40. The first kappa shape index (κ1) is 26.2. The SMILES string of the molecule is O=C(Oc1ccc2c(=O)c(Oc3ccc(-c4ccccc4)cc3)c(C(F)(F)F)oc2c1)c1ccc([N+](=O)[O-])cc1. The van der Waals surface area contributed by atoms with E-state index in [-0.39, 0.29) is 28.1 Å². The molecule has 11 heteroatoms. The van der Waals surface area contributed by atoms with Gasteiger partial charge in [-0.05, 0) is 47.5 Å². The van der Waals surface area contributed by atoms with Crippen molar-refractivity contribution in [2.75, 3.05) is 0 Å². The lowest BCUT2D eigenvalue weighted by molar-refractivity contribution is -0.384. The van der Waals surface area contributed by atoms with Crippen molar-refractivity contribution in [1.29, 1.82) is 0 Å². The Morgan fingerprint density at radius 3 is 2.08 bits per heavy atom. The van der Waals surface area contributed by atoms with Gasteiger partial charge in [0.15, 0.2) is 0 Å². The molecule has 0 atom stereocenters. The molecule has 0 unspecified atom stereocenters. The van der Waals surface area contributed by atoms with Crippen molar-refractivity contribution < 1.29 is 36.8 Å². The molecule has 0 aliphatic heterocycles. The number of hydrogen-bond donors (Lipinski definition) is 0. The van der Waals surface area contributed by atoms with E-state index in [0.29, 0.717) is 0 Å². The molecule has 0 amide bonds. The molecule has 5 rings (SSSR count). The third-order valence-corrected chi connectivity index (χ3v) is 5.79. The summed E-state index contributed by atoms with van der Waals surface area (Å²) in [5.41, 5.74) is -0.156. The normalized spacial score (nSPS) is 11.3. The lowest BCUT2D eigenvalue weighted by Gasteiger charge is -2.14. The second-order valence-electron chi connectivity index (χ2n) is 8.43. The zero-order chi connectivity index (χ0) is 28.4. The minimum absolute atomic E-state index is 0.00882. The molecule has 0 N–H and O–H groups in total. The Hall–Kier alpha value is -5.45. The van der Waals surface area contributed by atoms with Gasteiger partial charge in [-0.3, -0.25) is 14.9 Å². The van der Waals surface area contributed by atoms with Crippen molar-refractivity contribution in [3.05, 3.63) is 129 Å². The van der Waals surface area contributed by atoms with E-state index in [0.717, 1.165) is 35.4 Å². The number of non-ortho nitro benzene ring substituents is 1. The van der Waals surface area contributed by atoms with E-state index in [2.05, 4.69) is 0 Å². The van der Waals surface area contributed by atoms with Crippen LogP contribution >= 0.6 is 0 Å². The Bertz CT molecular complexity index is 1780. The minimum atomic E-state index is -5.09. The van der Waals surface area contributed by atoms with E-state index in [1.165, 1.54) is 30.3 Å². The standard InChI is InChI=1S/C29H16F3NO7/c30-29(31,32)27-26(38-21-12-8-18(9-13-21)17-4-2-1-3-5-17)25(34)23-15-14-22(16-24(23)40-27)39-28(35)19-6-10-20(11-7-19)33(36)37/h1-16H. The molecule has 0 saturated heterocycles. The molecule has 0 spiro atoms. The van der Waals surface area contributed by atoms with Crippen LogP contribution in [0.1, 0.15) is 16.1 Å². The van der Waals surface area contributed by atoms with E-state index < -0.39 is 39.6 Å². The first-order chi connectivity index (χ1) is 19.1. The second-order valence-corrected chi connectivity index (χ2v) is 8.43. The topological polar surface area (TPSA) is 109 Å². The fourth-order valence-corrected chi connectivity index (χ4v) is 3.85. The second kappa shape index (κ2) is 10.4. The average Bonchev–Trinajstić information content (AvgIpc) is 2.94.